The van der Waals surface area contributed by atoms with Gasteiger partial charge in [0.1, 0.15) is 6.04 Å². The molecule has 2 aliphatic carbocycles. The minimum atomic E-state index is -0.518. The third-order valence-corrected chi connectivity index (χ3v) is 6.72. The number of carbonyl (C=O) groups excluding carboxylic acids is 2. The predicted octanol–water partition coefficient (Wildman–Crippen LogP) is 2.76. The van der Waals surface area contributed by atoms with Gasteiger partial charge in [0.15, 0.2) is 0 Å². The first-order valence-electron chi connectivity index (χ1n) is 10.5. The number of amides is 2. The summed E-state index contributed by atoms with van der Waals surface area (Å²) in [4.78, 5) is 27.8. The van der Waals surface area contributed by atoms with Crippen LogP contribution >= 0.6 is 0 Å². The first-order valence-corrected chi connectivity index (χ1v) is 10.5. The van der Waals surface area contributed by atoms with Gasteiger partial charge in [-0.2, -0.15) is 0 Å². The Labute approximate surface area is 161 Å². The first kappa shape index (κ1) is 18.5. The fourth-order valence-electron chi connectivity index (χ4n) is 5.48. The Morgan fingerprint density at radius 1 is 1.07 bits per heavy atom. The van der Waals surface area contributed by atoms with Crippen LogP contribution in [0.2, 0.25) is 0 Å². The van der Waals surface area contributed by atoms with Crippen LogP contribution in [0.1, 0.15) is 63.0 Å². The molecule has 3 N–H and O–H groups in total. The number of nitrogens with two attached hydrogens (primary N) is 1. The van der Waals surface area contributed by atoms with Gasteiger partial charge in [-0.05, 0) is 55.9 Å². The Hall–Kier alpha value is -1.88. The molecule has 5 nitrogen and oxygen atoms in total. The summed E-state index contributed by atoms with van der Waals surface area (Å²) >= 11 is 0. The van der Waals surface area contributed by atoms with Gasteiger partial charge in [0.25, 0.3) is 0 Å². The fourth-order valence-corrected chi connectivity index (χ4v) is 5.48. The van der Waals surface area contributed by atoms with Crippen molar-refractivity contribution in [3.63, 3.8) is 0 Å². The highest BCUT2D eigenvalue weighted by molar-refractivity contribution is 5.89. The molecular weight excluding hydrogens is 338 g/mol. The molecule has 2 saturated carbocycles. The number of likely N-dealkylation sites (tertiary alicyclic amines) is 1. The normalized spacial score (nSPS) is 32.0. The van der Waals surface area contributed by atoms with Crippen LogP contribution < -0.4 is 11.1 Å². The van der Waals surface area contributed by atoms with E-state index in [1.807, 2.05) is 30.3 Å². The summed E-state index contributed by atoms with van der Waals surface area (Å²) in [7, 11) is 0. The van der Waals surface area contributed by atoms with Gasteiger partial charge >= 0.3 is 0 Å². The van der Waals surface area contributed by atoms with Crippen molar-refractivity contribution < 1.29 is 9.59 Å². The number of piperidine rings is 1. The summed E-state index contributed by atoms with van der Waals surface area (Å²) < 4.78 is 0. The number of fused-ring (bicyclic) bond motifs is 2. The van der Waals surface area contributed by atoms with E-state index in [-0.39, 0.29) is 23.9 Å². The summed E-state index contributed by atoms with van der Waals surface area (Å²) in [6.07, 6.45) is 7.96. The van der Waals surface area contributed by atoms with Crippen LogP contribution in [0.5, 0.6) is 0 Å². The minimum Gasteiger partial charge on any atom is -0.351 e. The summed E-state index contributed by atoms with van der Waals surface area (Å²) in [6, 6.07) is 9.71. The monoisotopic (exact) mass is 369 g/mol. The van der Waals surface area contributed by atoms with Crippen molar-refractivity contribution in [1.82, 2.24) is 10.2 Å². The molecule has 1 aliphatic heterocycles. The molecule has 3 aliphatic rings. The number of carbonyl (C=O) groups is 2. The summed E-state index contributed by atoms with van der Waals surface area (Å²) in [5, 5.41) is 3.37. The average Bonchev–Trinajstić information content (AvgIpc) is 2.65. The van der Waals surface area contributed by atoms with E-state index in [9.17, 15) is 9.59 Å². The van der Waals surface area contributed by atoms with Gasteiger partial charge in [-0.15, -0.1) is 0 Å². The first-order chi connectivity index (χ1) is 13.1. The lowest BCUT2D eigenvalue weighted by atomic mass is 9.67. The van der Waals surface area contributed by atoms with Crippen LogP contribution in [-0.2, 0) is 9.59 Å². The standard InChI is InChI=1S/C22H31N3O2/c23-18-13-16-9-6-10-17(14-18)20(16)24-22(27)21(15-7-2-1-3-8-15)25-12-5-4-11-19(25)26/h1-3,7-8,16-18,20-21H,4-6,9-14,23H2,(H,24,27). The van der Waals surface area contributed by atoms with Crippen LogP contribution in [0.25, 0.3) is 0 Å². The maximum Gasteiger partial charge on any atom is 0.247 e. The van der Waals surface area contributed by atoms with E-state index in [1.54, 1.807) is 4.90 Å². The van der Waals surface area contributed by atoms with Crippen molar-refractivity contribution in [2.45, 2.75) is 69.5 Å². The Kier molecular flexibility index (Phi) is 5.48. The highest BCUT2D eigenvalue weighted by atomic mass is 16.2. The van der Waals surface area contributed by atoms with Crippen LogP contribution in [0.15, 0.2) is 30.3 Å². The number of hydrogen-bond donors (Lipinski definition) is 2. The van der Waals surface area contributed by atoms with E-state index in [1.165, 1.54) is 6.42 Å². The molecule has 3 atom stereocenters. The van der Waals surface area contributed by atoms with E-state index < -0.39 is 6.04 Å². The average molecular weight is 370 g/mol. The van der Waals surface area contributed by atoms with Crippen LogP contribution in [0.4, 0.5) is 0 Å². The van der Waals surface area contributed by atoms with Crippen LogP contribution in [0, 0.1) is 11.8 Å². The fraction of sp³-hybridized carbons (Fsp3) is 0.636. The van der Waals surface area contributed by atoms with Crippen molar-refractivity contribution in [2.75, 3.05) is 6.54 Å². The topological polar surface area (TPSA) is 75.4 Å². The maximum atomic E-state index is 13.4. The lowest BCUT2D eigenvalue weighted by molar-refractivity contribution is -0.143. The Morgan fingerprint density at radius 2 is 1.78 bits per heavy atom. The van der Waals surface area contributed by atoms with E-state index in [0.29, 0.717) is 24.8 Å². The van der Waals surface area contributed by atoms with Crippen molar-refractivity contribution in [2.24, 2.45) is 17.6 Å². The van der Waals surface area contributed by atoms with Crippen LogP contribution in [0.3, 0.4) is 0 Å². The predicted molar refractivity (Wildman–Crippen MR) is 105 cm³/mol. The van der Waals surface area contributed by atoms with Gasteiger partial charge in [-0.3, -0.25) is 9.59 Å². The van der Waals surface area contributed by atoms with Gasteiger partial charge in [-0.25, -0.2) is 0 Å². The molecule has 1 aromatic rings. The van der Waals surface area contributed by atoms with Crippen molar-refractivity contribution in [3.8, 4) is 0 Å². The Balaban J connectivity index is 1.56. The molecule has 0 radical (unpaired) electrons. The summed E-state index contributed by atoms with van der Waals surface area (Å²) in [5.41, 5.74) is 7.14. The Bertz CT molecular complexity index is 663. The second kappa shape index (κ2) is 8.01. The highest BCUT2D eigenvalue weighted by Crippen LogP contribution is 2.40. The molecule has 5 heteroatoms. The molecule has 0 spiro atoms. The molecule has 3 unspecified atom stereocenters. The molecule has 27 heavy (non-hydrogen) atoms. The van der Waals surface area contributed by atoms with Crippen LogP contribution in [-0.4, -0.2) is 35.3 Å². The lowest BCUT2D eigenvalue weighted by Crippen LogP contribution is -2.56. The molecule has 0 aromatic heterocycles. The van der Waals surface area contributed by atoms with E-state index in [2.05, 4.69) is 5.32 Å². The maximum absolute atomic E-state index is 13.4. The highest BCUT2D eigenvalue weighted by Gasteiger charge is 2.42. The smallest absolute Gasteiger partial charge is 0.247 e. The zero-order valence-corrected chi connectivity index (χ0v) is 16.0. The molecule has 146 valence electrons. The van der Waals surface area contributed by atoms with Gasteiger partial charge in [0, 0.05) is 25.0 Å². The number of nitrogens with one attached hydrogen (secondary N) is 1. The summed E-state index contributed by atoms with van der Waals surface area (Å²) in [5.74, 6) is 1.03. The van der Waals surface area contributed by atoms with Crippen molar-refractivity contribution >= 4 is 11.8 Å². The third-order valence-electron chi connectivity index (χ3n) is 6.72. The number of benzene rings is 1. The van der Waals surface area contributed by atoms with Gasteiger partial charge in [-0.1, -0.05) is 36.8 Å². The van der Waals surface area contributed by atoms with Gasteiger partial charge in [0.2, 0.25) is 11.8 Å². The third kappa shape index (κ3) is 3.88. The van der Waals surface area contributed by atoms with Crippen molar-refractivity contribution in [3.05, 3.63) is 35.9 Å². The number of nitrogens with zero attached hydrogens (tertiary/aromatic N) is 1. The van der Waals surface area contributed by atoms with Gasteiger partial charge in [0.05, 0.1) is 0 Å². The zero-order valence-electron chi connectivity index (χ0n) is 16.0. The van der Waals surface area contributed by atoms with E-state index in [0.717, 1.165) is 44.1 Å². The lowest BCUT2D eigenvalue weighted by Gasteiger charge is -2.46. The SMILES string of the molecule is NC1CC2CCCC(C1)C2NC(=O)C(c1ccccc1)N1CCCCC1=O. The minimum absolute atomic E-state index is 0.0196. The molecule has 4 rings (SSSR count). The second-order valence-electron chi connectivity index (χ2n) is 8.57. The molecule has 2 amide bonds. The van der Waals surface area contributed by atoms with E-state index >= 15 is 0 Å². The quantitative estimate of drug-likeness (QED) is 0.857. The molecular formula is C22H31N3O2. The van der Waals surface area contributed by atoms with Crippen molar-refractivity contribution in [1.29, 1.82) is 0 Å². The number of rotatable bonds is 4. The molecule has 1 saturated heterocycles. The summed E-state index contributed by atoms with van der Waals surface area (Å²) in [6.45, 7) is 0.661. The Morgan fingerprint density at radius 3 is 2.44 bits per heavy atom. The largest absolute Gasteiger partial charge is 0.351 e. The zero-order chi connectivity index (χ0) is 18.8. The molecule has 2 bridgehead atoms. The molecule has 3 fully saturated rings. The second-order valence-corrected chi connectivity index (χ2v) is 8.57. The van der Waals surface area contributed by atoms with E-state index in [4.69, 9.17) is 5.73 Å². The molecule has 1 heterocycles. The molecule has 1 aromatic carbocycles. The number of hydrogen-bond acceptors (Lipinski definition) is 3. The van der Waals surface area contributed by atoms with Gasteiger partial charge < -0.3 is 16.0 Å².